The molecule has 2 atom stereocenters. The van der Waals surface area contributed by atoms with Crippen LogP contribution in [0.1, 0.15) is 30.0 Å². The molecule has 0 aromatic heterocycles. The quantitative estimate of drug-likeness (QED) is 0.840. The lowest BCUT2D eigenvalue weighted by molar-refractivity contribution is 0.0622. The van der Waals surface area contributed by atoms with Crippen molar-refractivity contribution in [3.05, 3.63) is 35.1 Å². The van der Waals surface area contributed by atoms with E-state index in [1.165, 1.54) is 6.07 Å². The minimum Gasteiger partial charge on any atom is -0.389 e. The van der Waals surface area contributed by atoms with Gasteiger partial charge in [-0.2, -0.15) is 0 Å². The molecule has 1 aromatic rings. The van der Waals surface area contributed by atoms with Gasteiger partial charge in [0.15, 0.2) is 0 Å². The van der Waals surface area contributed by atoms with Crippen molar-refractivity contribution in [3.8, 4) is 0 Å². The maximum absolute atomic E-state index is 13.2. The van der Waals surface area contributed by atoms with Crippen molar-refractivity contribution >= 4 is 0 Å². The van der Waals surface area contributed by atoms with E-state index < -0.39 is 6.10 Å². The van der Waals surface area contributed by atoms with Crippen LogP contribution in [0, 0.1) is 5.82 Å². The zero-order valence-corrected chi connectivity index (χ0v) is 10.7. The van der Waals surface area contributed by atoms with Gasteiger partial charge < -0.3 is 15.2 Å². The fraction of sp³-hybridized carbons (Fsp3) is 0.571. The largest absolute Gasteiger partial charge is 0.389 e. The molecule has 0 amide bonds. The van der Waals surface area contributed by atoms with Crippen LogP contribution in [0.3, 0.4) is 0 Å². The highest BCUT2D eigenvalue weighted by Gasteiger charge is 2.20. The lowest BCUT2D eigenvalue weighted by atomic mass is 9.87. The smallest absolute Gasteiger partial charge is 0.123 e. The van der Waals surface area contributed by atoms with Crippen LogP contribution in [0.4, 0.5) is 4.39 Å². The van der Waals surface area contributed by atoms with Gasteiger partial charge in [-0.05, 0) is 42.5 Å². The van der Waals surface area contributed by atoms with Gasteiger partial charge in [0.25, 0.3) is 0 Å². The maximum atomic E-state index is 13.2. The Morgan fingerprint density at radius 1 is 1.56 bits per heavy atom. The standard InChI is InChI=1S/C14H20FNO2/c1-18-9-12(17)8-16-14-4-2-3-10-7-11(15)5-6-13(10)14/h5-7,12,14,16-17H,2-4,8-9H2,1H3. The number of fused-ring (bicyclic) bond motifs is 1. The molecule has 4 heteroatoms. The van der Waals surface area contributed by atoms with E-state index in [0.717, 1.165) is 30.4 Å². The summed E-state index contributed by atoms with van der Waals surface area (Å²) in [6.07, 6.45) is 2.51. The first-order valence-corrected chi connectivity index (χ1v) is 6.39. The lowest BCUT2D eigenvalue weighted by Crippen LogP contribution is -2.34. The van der Waals surface area contributed by atoms with Crippen LogP contribution in [0.2, 0.25) is 0 Å². The summed E-state index contributed by atoms with van der Waals surface area (Å²) < 4.78 is 18.0. The number of aliphatic hydroxyl groups excluding tert-OH is 1. The highest BCUT2D eigenvalue weighted by Crippen LogP contribution is 2.29. The van der Waals surface area contributed by atoms with Gasteiger partial charge in [-0.15, -0.1) is 0 Å². The molecule has 1 aliphatic carbocycles. The summed E-state index contributed by atoms with van der Waals surface area (Å²) in [4.78, 5) is 0. The Balaban J connectivity index is 1.99. The molecule has 0 saturated heterocycles. The second-order valence-electron chi connectivity index (χ2n) is 4.81. The normalized spacial score (nSPS) is 20.5. The molecule has 0 aliphatic heterocycles. The summed E-state index contributed by atoms with van der Waals surface area (Å²) in [5.74, 6) is -0.172. The Bertz CT molecular complexity index is 397. The van der Waals surface area contributed by atoms with Crippen LogP contribution in [0.15, 0.2) is 18.2 Å². The molecule has 1 aliphatic rings. The van der Waals surface area contributed by atoms with Crippen molar-refractivity contribution in [1.82, 2.24) is 5.32 Å². The van der Waals surface area contributed by atoms with Gasteiger partial charge in [-0.25, -0.2) is 4.39 Å². The summed E-state index contributed by atoms with van der Waals surface area (Å²) in [5, 5.41) is 13.0. The van der Waals surface area contributed by atoms with Gasteiger partial charge in [0.05, 0.1) is 12.7 Å². The minimum absolute atomic E-state index is 0.172. The van der Waals surface area contributed by atoms with Crippen molar-refractivity contribution in [2.75, 3.05) is 20.3 Å². The van der Waals surface area contributed by atoms with Crippen molar-refractivity contribution in [1.29, 1.82) is 0 Å². The third-order valence-corrected chi connectivity index (χ3v) is 3.38. The van der Waals surface area contributed by atoms with Crippen LogP contribution >= 0.6 is 0 Å². The zero-order valence-electron chi connectivity index (χ0n) is 10.7. The Morgan fingerprint density at radius 3 is 3.17 bits per heavy atom. The van der Waals surface area contributed by atoms with Crippen molar-refractivity contribution in [2.45, 2.75) is 31.4 Å². The molecule has 2 rings (SSSR count). The molecule has 1 aromatic carbocycles. The van der Waals surface area contributed by atoms with Crippen molar-refractivity contribution in [2.24, 2.45) is 0 Å². The number of halogens is 1. The van der Waals surface area contributed by atoms with E-state index in [2.05, 4.69) is 5.32 Å². The SMILES string of the molecule is COCC(O)CNC1CCCc2cc(F)ccc21. The Kier molecular flexibility index (Phi) is 4.69. The first-order valence-electron chi connectivity index (χ1n) is 6.39. The number of rotatable bonds is 5. The van der Waals surface area contributed by atoms with Crippen molar-refractivity contribution < 1.29 is 14.2 Å². The Labute approximate surface area is 107 Å². The number of benzene rings is 1. The van der Waals surface area contributed by atoms with E-state index in [1.54, 1.807) is 13.2 Å². The fourth-order valence-electron chi connectivity index (χ4n) is 2.52. The average Bonchev–Trinajstić information content (AvgIpc) is 2.36. The molecule has 0 heterocycles. The summed E-state index contributed by atoms with van der Waals surface area (Å²) in [7, 11) is 1.57. The number of hydrogen-bond acceptors (Lipinski definition) is 3. The van der Waals surface area contributed by atoms with Crippen LogP contribution in [0.5, 0.6) is 0 Å². The fourth-order valence-corrected chi connectivity index (χ4v) is 2.52. The molecule has 0 spiro atoms. The molecule has 0 saturated carbocycles. The summed E-state index contributed by atoms with van der Waals surface area (Å²) >= 11 is 0. The summed E-state index contributed by atoms with van der Waals surface area (Å²) in [5.41, 5.74) is 2.24. The number of aliphatic hydroxyl groups is 1. The molecule has 0 radical (unpaired) electrons. The Hall–Kier alpha value is -0.970. The minimum atomic E-state index is -0.499. The zero-order chi connectivity index (χ0) is 13.0. The van der Waals surface area contributed by atoms with Gasteiger partial charge in [0.1, 0.15) is 5.82 Å². The van der Waals surface area contributed by atoms with E-state index >= 15 is 0 Å². The van der Waals surface area contributed by atoms with Crippen LogP contribution in [-0.2, 0) is 11.2 Å². The van der Waals surface area contributed by atoms with Crippen LogP contribution in [0.25, 0.3) is 0 Å². The molecule has 100 valence electrons. The molecule has 0 fully saturated rings. The second-order valence-corrected chi connectivity index (χ2v) is 4.81. The number of ether oxygens (including phenoxy) is 1. The van der Waals surface area contributed by atoms with Crippen molar-refractivity contribution in [3.63, 3.8) is 0 Å². The second kappa shape index (κ2) is 6.27. The lowest BCUT2D eigenvalue weighted by Gasteiger charge is -2.27. The van der Waals surface area contributed by atoms with Gasteiger partial charge in [-0.3, -0.25) is 0 Å². The first-order chi connectivity index (χ1) is 8.70. The first kappa shape index (κ1) is 13.5. The van der Waals surface area contributed by atoms with E-state index in [-0.39, 0.29) is 11.9 Å². The summed E-state index contributed by atoms with van der Waals surface area (Å²) in [6.45, 7) is 0.825. The monoisotopic (exact) mass is 253 g/mol. The van der Waals surface area contributed by atoms with E-state index in [1.807, 2.05) is 6.07 Å². The maximum Gasteiger partial charge on any atom is 0.123 e. The average molecular weight is 253 g/mol. The van der Waals surface area contributed by atoms with E-state index in [9.17, 15) is 9.50 Å². The molecule has 2 N–H and O–H groups in total. The number of methoxy groups -OCH3 is 1. The highest BCUT2D eigenvalue weighted by atomic mass is 19.1. The van der Waals surface area contributed by atoms with Crippen LogP contribution < -0.4 is 5.32 Å². The summed E-state index contributed by atoms with van der Waals surface area (Å²) in [6, 6.07) is 5.18. The van der Waals surface area contributed by atoms with Gasteiger partial charge in [0.2, 0.25) is 0 Å². The predicted octanol–water partition coefficient (Wildman–Crippen LogP) is 1.80. The predicted molar refractivity (Wildman–Crippen MR) is 68.0 cm³/mol. The molecule has 3 nitrogen and oxygen atoms in total. The molecule has 18 heavy (non-hydrogen) atoms. The van der Waals surface area contributed by atoms with Gasteiger partial charge in [-0.1, -0.05) is 6.07 Å². The topological polar surface area (TPSA) is 41.5 Å². The number of hydrogen-bond donors (Lipinski definition) is 2. The number of nitrogens with one attached hydrogen (secondary N) is 1. The van der Waals surface area contributed by atoms with E-state index in [0.29, 0.717) is 13.2 Å². The van der Waals surface area contributed by atoms with E-state index in [4.69, 9.17) is 4.74 Å². The number of aryl methyl sites for hydroxylation is 1. The molecular formula is C14H20FNO2. The van der Waals surface area contributed by atoms with Crippen LogP contribution in [-0.4, -0.2) is 31.5 Å². The molecular weight excluding hydrogens is 233 g/mol. The third-order valence-electron chi connectivity index (χ3n) is 3.38. The highest BCUT2D eigenvalue weighted by molar-refractivity contribution is 5.32. The van der Waals surface area contributed by atoms with Gasteiger partial charge in [0, 0.05) is 19.7 Å². The van der Waals surface area contributed by atoms with Gasteiger partial charge >= 0.3 is 0 Å². The third kappa shape index (κ3) is 3.28. The Morgan fingerprint density at radius 2 is 2.39 bits per heavy atom. The molecule has 2 unspecified atom stereocenters. The molecule has 0 bridgehead atoms.